The van der Waals surface area contributed by atoms with E-state index in [4.69, 9.17) is 5.73 Å². The van der Waals surface area contributed by atoms with Crippen molar-refractivity contribution in [3.63, 3.8) is 0 Å². The van der Waals surface area contributed by atoms with Crippen LogP contribution in [0.5, 0.6) is 0 Å². The molecule has 2 aliphatic rings. The average molecular weight is 544 g/mol. The molecule has 1 saturated heterocycles. The van der Waals surface area contributed by atoms with Gasteiger partial charge in [-0.1, -0.05) is 6.07 Å². The summed E-state index contributed by atoms with van der Waals surface area (Å²) in [5.41, 5.74) is 7.22. The fraction of sp³-hybridized carbons (Fsp3) is 0.481. The van der Waals surface area contributed by atoms with Gasteiger partial charge < -0.3 is 16.2 Å². The molecule has 8 nitrogen and oxygen atoms in total. The van der Waals surface area contributed by atoms with Gasteiger partial charge in [-0.05, 0) is 55.9 Å². The number of fused-ring (bicyclic) bond motifs is 1. The van der Waals surface area contributed by atoms with E-state index >= 15 is 0 Å². The van der Waals surface area contributed by atoms with E-state index < -0.39 is 17.4 Å². The molecule has 0 spiro atoms. The maximum absolute atomic E-state index is 13.9. The van der Waals surface area contributed by atoms with E-state index in [2.05, 4.69) is 20.2 Å². The number of likely N-dealkylation sites (tertiary alicyclic amines) is 1. The molecule has 38 heavy (non-hydrogen) atoms. The third kappa shape index (κ3) is 5.55. The van der Waals surface area contributed by atoms with Gasteiger partial charge in [0.15, 0.2) is 0 Å². The summed E-state index contributed by atoms with van der Waals surface area (Å²) < 4.78 is 27.8. The van der Waals surface area contributed by atoms with Crippen LogP contribution in [-0.4, -0.2) is 57.0 Å². The number of carbonyl (C=O) groups excluding carboxylic acids is 2. The smallest absolute Gasteiger partial charge is 0.270 e. The Morgan fingerprint density at radius 1 is 1.26 bits per heavy atom. The first-order valence-corrected chi connectivity index (χ1v) is 13.7. The van der Waals surface area contributed by atoms with Gasteiger partial charge in [0, 0.05) is 49.6 Å². The minimum Gasteiger partial charge on any atom is -0.384 e. The number of thiazole rings is 1. The Labute approximate surface area is 223 Å². The van der Waals surface area contributed by atoms with E-state index in [9.17, 15) is 23.5 Å². The summed E-state index contributed by atoms with van der Waals surface area (Å²) in [7, 11) is 0. The van der Waals surface area contributed by atoms with Crippen molar-refractivity contribution in [1.29, 1.82) is 0 Å². The van der Waals surface area contributed by atoms with Crippen LogP contribution in [0.2, 0.25) is 0 Å². The Kier molecular flexibility index (Phi) is 7.19. The summed E-state index contributed by atoms with van der Waals surface area (Å²) in [4.78, 5) is 36.0. The SMILES string of the molecule is CC(F)(F)c1ccc2nc(C(N)=O)cc(CCC(=O)NC3CN(C4CCC(O)(c5cncs5)CC4)C3)c2c1. The number of nitrogens with zero attached hydrogens (tertiary/aromatic N) is 3. The molecule has 11 heteroatoms. The van der Waals surface area contributed by atoms with Crippen LogP contribution in [-0.2, 0) is 22.7 Å². The Balaban J connectivity index is 1.15. The molecule has 4 N–H and O–H groups in total. The van der Waals surface area contributed by atoms with E-state index in [0.29, 0.717) is 35.3 Å². The predicted molar refractivity (Wildman–Crippen MR) is 140 cm³/mol. The number of rotatable bonds is 8. The zero-order chi connectivity index (χ0) is 27.1. The lowest BCUT2D eigenvalue weighted by Crippen LogP contribution is -2.62. The van der Waals surface area contributed by atoms with Crippen LogP contribution in [0.3, 0.4) is 0 Å². The molecule has 202 valence electrons. The molecule has 1 aromatic carbocycles. The zero-order valence-electron chi connectivity index (χ0n) is 21.1. The number of pyridine rings is 1. The van der Waals surface area contributed by atoms with Crippen LogP contribution < -0.4 is 11.1 Å². The highest BCUT2D eigenvalue weighted by atomic mass is 32.1. The number of aromatic nitrogens is 2. The van der Waals surface area contributed by atoms with Crippen molar-refractivity contribution in [2.45, 2.75) is 69.1 Å². The number of aryl methyl sites for hydroxylation is 1. The lowest BCUT2D eigenvalue weighted by Gasteiger charge is -2.48. The fourth-order valence-electron chi connectivity index (χ4n) is 5.49. The molecular formula is C27H31F2N5O3S. The number of hydrogen-bond acceptors (Lipinski definition) is 7. The average Bonchev–Trinajstić information content (AvgIpc) is 3.40. The van der Waals surface area contributed by atoms with Crippen molar-refractivity contribution in [2.24, 2.45) is 5.73 Å². The van der Waals surface area contributed by atoms with Crippen molar-refractivity contribution < 1.29 is 23.5 Å². The van der Waals surface area contributed by atoms with Gasteiger partial charge in [0.1, 0.15) is 11.3 Å². The second-order valence-corrected chi connectivity index (χ2v) is 11.4. The molecule has 1 aliphatic heterocycles. The highest BCUT2D eigenvalue weighted by Gasteiger charge is 2.41. The van der Waals surface area contributed by atoms with Gasteiger partial charge in [0.25, 0.3) is 11.8 Å². The van der Waals surface area contributed by atoms with E-state index in [1.165, 1.54) is 35.6 Å². The van der Waals surface area contributed by atoms with Gasteiger partial charge in [0.05, 0.1) is 21.9 Å². The minimum absolute atomic E-state index is 0.0354. The largest absolute Gasteiger partial charge is 0.384 e. The molecule has 2 fully saturated rings. The fourth-order valence-corrected chi connectivity index (χ4v) is 6.27. The Morgan fingerprint density at radius 3 is 2.63 bits per heavy atom. The topological polar surface area (TPSA) is 121 Å². The highest BCUT2D eigenvalue weighted by Crippen LogP contribution is 2.40. The van der Waals surface area contributed by atoms with Crippen LogP contribution in [0, 0.1) is 0 Å². The number of aliphatic hydroxyl groups is 1. The maximum Gasteiger partial charge on any atom is 0.270 e. The highest BCUT2D eigenvalue weighted by molar-refractivity contribution is 7.09. The summed E-state index contributed by atoms with van der Waals surface area (Å²) in [6, 6.07) is 6.01. The van der Waals surface area contributed by atoms with Gasteiger partial charge in [0.2, 0.25) is 5.91 Å². The van der Waals surface area contributed by atoms with Crippen LogP contribution in [0.1, 0.15) is 65.5 Å². The maximum atomic E-state index is 13.9. The normalized spacial score (nSPS) is 22.8. The standard InChI is InChI=1S/C27H31F2N5O3S/c1-26(28,29)17-3-4-21-20(11-17)16(10-22(33-21)25(30)36)2-5-24(35)32-18-13-34(14-18)19-6-8-27(37,9-7-19)23-12-31-15-38-23/h3-4,10-12,15,18-19,37H,2,5-9,13-14H2,1H3,(H2,30,36)(H,32,35). The van der Waals surface area contributed by atoms with Gasteiger partial charge in [-0.15, -0.1) is 11.3 Å². The Bertz CT molecular complexity index is 1330. The quantitative estimate of drug-likeness (QED) is 0.400. The molecule has 0 radical (unpaired) electrons. The summed E-state index contributed by atoms with van der Waals surface area (Å²) >= 11 is 1.49. The van der Waals surface area contributed by atoms with Crippen molar-refractivity contribution in [1.82, 2.24) is 20.2 Å². The van der Waals surface area contributed by atoms with Crippen molar-refractivity contribution >= 4 is 34.1 Å². The molecule has 0 unspecified atom stereocenters. The number of carbonyl (C=O) groups is 2. The number of nitrogens with two attached hydrogens (primary N) is 1. The van der Waals surface area contributed by atoms with E-state index in [0.717, 1.165) is 37.7 Å². The summed E-state index contributed by atoms with van der Waals surface area (Å²) in [6.07, 6.45) is 5.35. The number of benzene rings is 1. The molecule has 0 atom stereocenters. The summed E-state index contributed by atoms with van der Waals surface area (Å²) in [6.45, 7) is 2.34. The zero-order valence-corrected chi connectivity index (χ0v) is 21.9. The molecule has 3 aromatic rings. The number of alkyl halides is 2. The van der Waals surface area contributed by atoms with Crippen molar-refractivity contribution in [2.75, 3.05) is 13.1 Å². The van der Waals surface area contributed by atoms with E-state index in [1.807, 2.05) is 0 Å². The third-order valence-corrected chi connectivity index (χ3v) is 8.71. The molecule has 2 amide bonds. The molecule has 1 aliphatic carbocycles. The monoisotopic (exact) mass is 543 g/mol. The first kappa shape index (κ1) is 26.6. The molecule has 2 aromatic heterocycles. The molecule has 0 bridgehead atoms. The second-order valence-electron chi connectivity index (χ2n) is 10.5. The first-order valence-electron chi connectivity index (χ1n) is 12.8. The number of nitrogens with one attached hydrogen (secondary N) is 1. The lowest BCUT2D eigenvalue weighted by atomic mass is 9.80. The second kappa shape index (κ2) is 10.3. The van der Waals surface area contributed by atoms with Crippen molar-refractivity contribution in [3.05, 3.63) is 57.7 Å². The Morgan fingerprint density at radius 2 is 2.00 bits per heavy atom. The van der Waals surface area contributed by atoms with Crippen LogP contribution >= 0.6 is 11.3 Å². The Hall–Kier alpha value is -3.02. The molecule has 1 saturated carbocycles. The number of hydrogen-bond donors (Lipinski definition) is 3. The summed E-state index contributed by atoms with van der Waals surface area (Å²) in [5, 5.41) is 14.5. The predicted octanol–water partition coefficient (Wildman–Crippen LogP) is 3.47. The first-order chi connectivity index (χ1) is 18.0. The van der Waals surface area contributed by atoms with Gasteiger partial charge >= 0.3 is 0 Å². The molecule has 3 heterocycles. The van der Waals surface area contributed by atoms with Gasteiger partial charge in [-0.2, -0.15) is 0 Å². The van der Waals surface area contributed by atoms with Crippen molar-refractivity contribution in [3.8, 4) is 0 Å². The minimum atomic E-state index is -3.03. The van der Waals surface area contributed by atoms with E-state index in [-0.39, 0.29) is 36.0 Å². The van der Waals surface area contributed by atoms with Gasteiger partial charge in [-0.3, -0.25) is 19.5 Å². The number of primary amides is 1. The van der Waals surface area contributed by atoms with Crippen LogP contribution in [0.4, 0.5) is 8.78 Å². The molecule has 5 rings (SSSR count). The van der Waals surface area contributed by atoms with Crippen LogP contribution in [0.25, 0.3) is 10.9 Å². The van der Waals surface area contributed by atoms with Crippen LogP contribution in [0.15, 0.2) is 36.0 Å². The lowest BCUT2D eigenvalue weighted by molar-refractivity contribution is -0.123. The number of halogens is 2. The number of amides is 2. The third-order valence-electron chi connectivity index (χ3n) is 7.74. The molecular weight excluding hydrogens is 512 g/mol. The summed E-state index contributed by atoms with van der Waals surface area (Å²) in [5.74, 6) is -3.88. The van der Waals surface area contributed by atoms with Gasteiger partial charge in [-0.25, -0.2) is 13.8 Å². The van der Waals surface area contributed by atoms with E-state index in [1.54, 1.807) is 11.7 Å².